The predicted octanol–water partition coefficient (Wildman–Crippen LogP) is 4.36. The van der Waals surface area contributed by atoms with E-state index in [1.165, 1.54) is 5.56 Å². The Kier molecular flexibility index (Phi) is 5.23. The molecule has 0 radical (unpaired) electrons. The van der Waals surface area contributed by atoms with Gasteiger partial charge in [-0.25, -0.2) is 0 Å². The summed E-state index contributed by atoms with van der Waals surface area (Å²) < 4.78 is 16.2. The van der Waals surface area contributed by atoms with Crippen molar-refractivity contribution in [2.75, 3.05) is 6.61 Å². The molecule has 3 aromatic rings. The molecule has 0 aliphatic heterocycles. The van der Waals surface area contributed by atoms with Crippen LogP contribution in [0.3, 0.4) is 0 Å². The lowest BCUT2D eigenvalue weighted by atomic mass is 10.0. The van der Waals surface area contributed by atoms with Crippen molar-refractivity contribution in [3.63, 3.8) is 0 Å². The van der Waals surface area contributed by atoms with E-state index in [1.807, 2.05) is 42.5 Å². The molecule has 0 saturated carbocycles. The summed E-state index contributed by atoms with van der Waals surface area (Å²) in [7, 11) is 0. The highest BCUT2D eigenvalue weighted by atomic mass is 16.5. The van der Waals surface area contributed by atoms with Crippen molar-refractivity contribution >= 4 is 5.91 Å². The molecule has 5 heteroatoms. The smallest absolute Gasteiger partial charge is 0.258 e. The lowest BCUT2D eigenvalue weighted by molar-refractivity contribution is -0.123. The first kappa shape index (κ1) is 16.9. The minimum atomic E-state index is -0.200. The van der Waals surface area contributed by atoms with Crippen LogP contribution in [0.15, 0.2) is 63.8 Å². The molecule has 0 saturated heterocycles. The molecule has 5 nitrogen and oxygen atoms in total. The molecule has 2 heterocycles. The number of furan rings is 2. The average molecular weight is 339 g/mol. The molecule has 0 aliphatic rings. The summed E-state index contributed by atoms with van der Waals surface area (Å²) in [6.07, 6.45) is 3.20. The third-order valence-electron chi connectivity index (χ3n) is 3.84. The van der Waals surface area contributed by atoms with Gasteiger partial charge in [0.2, 0.25) is 0 Å². The van der Waals surface area contributed by atoms with Crippen LogP contribution in [-0.2, 0) is 11.3 Å². The van der Waals surface area contributed by atoms with Crippen molar-refractivity contribution in [1.82, 2.24) is 5.32 Å². The van der Waals surface area contributed by atoms with Crippen molar-refractivity contribution < 1.29 is 18.4 Å². The third-order valence-corrected chi connectivity index (χ3v) is 3.84. The number of hydrogen-bond acceptors (Lipinski definition) is 4. The first-order valence-corrected chi connectivity index (χ1v) is 8.22. The van der Waals surface area contributed by atoms with Crippen LogP contribution in [0.1, 0.15) is 31.1 Å². The minimum absolute atomic E-state index is 0.0314. The van der Waals surface area contributed by atoms with Crippen molar-refractivity contribution in [2.24, 2.45) is 0 Å². The highest BCUT2D eigenvalue weighted by Gasteiger charge is 2.08. The molecular weight excluding hydrogens is 318 g/mol. The van der Waals surface area contributed by atoms with Gasteiger partial charge in [0, 0.05) is 0 Å². The van der Waals surface area contributed by atoms with Crippen LogP contribution in [0.25, 0.3) is 11.3 Å². The van der Waals surface area contributed by atoms with Gasteiger partial charge in [-0.2, -0.15) is 0 Å². The van der Waals surface area contributed by atoms with E-state index in [0.717, 1.165) is 5.56 Å². The Hall–Kier alpha value is -2.95. The molecule has 1 N–H and O–H groups in total. The summed E-state index contributed by atoms with van der Waals surface area (Å²) in [6.45, 7) is 4.55. The largest absolute Gasteiger partial charge is 0.484 e. The zero-order valence-electron chi connectivity index (χ0n) is 14.3. The van der Waals surface area contributed by atoms with Gasteiger partial charge in [0.25, 0.3) is 5.91 Å². The molecule has 0 unspecified atom stereocenters. The third kappa shape index (κ3) is 4.53. The van der Waals surface area contributed by atoms with Gasteiger partial charge in [-0.1, -0.05) is 26.0 Å². The lowest BCUT2D eigenvalue weighted by Gasteiger charge is -2.09. The van der Waals surface area contributed by atoms with Gasteiger partial charge in [0.15, 0.2) is 6.61 Å². The molecule has 1 amide bonds. The Bertz CT molecular complexity index is 801. The fraction of sp³-hybridized carbons (Fsp3) is 0.250. The van der Waals surface area contributed by atoms with Gasteiger partial charge in [0.05, 0.1) is 18.4 Å². The second kappa shape index (κ2) is 7.75. The van der Waals surface area contributed by atoms with Crippen LogP contribution in [0.5, 0.6) is 5.75 Å². The van der Waals surface area contributed by atoms with Gasteiger partial charge in [-0.15, -0.1) is 0 Å². The average Bonchev–Trinajstić information content (AvgIpc) is 3.29. The maximum Gasteiger partial charge on any atom is 0.258 e. The minimum Gasteiger partial charge on any atom is -0.484 e. The van der Waals surface area contributed by atoms with Gasteiger partial charge >= 0.3 is 0 Å². The predicted molar refractivity (Wildman–Crippen MR) is 94.3 cm³/mol. The number of carbonyl (C=O) groups excluding carboxylic acids is 1. The number of ether oxygens (including phenoxy) is 1. The van der Waals surface area contributed by atoms with Gasteiger partial charge in [0.1, 0.15) is 23.5 Å². The molecule has 1 aromatic carbocycles. The van der Waals surface area contributed by atoms with E-state index in [2.05, 4.69) is 19.2 Å². The Morgan fingerprint density at radius 3 is 2.60 bits per heavy atom. The molecule has 25 heavy (non-hydrogen) atoms. The summed E-state index contributed by atoms with van der Waals surface area (Å²) in [6, 6.07) is 13.3. The van der Waals surface area contributed by atoms with Crippen molar-refractivity contribution in [2.45, 2.75) is 26.3 Å². The normalized spacial score (nSPS) is 10.8. The number of carbonyl (C=O) groups is 1. The fourth-order valence-electron chi connectivity index (χ4n) is 2.37. The van der Waals surface area contributed by atoms with E-state index >= 15 is 0 Å². The molecular formula is C20H21NO4. The first-order chi connectivity index (χ1) is 12.1. The van der Waals surface area contributed by atoms with E-state index in [9.17, 15) is 4.79 Å². The van der Waals surface area contributed by atoms with E-state index in [4.69, 9.17) is 13.6 Å². The Morgan fingerprint density at radius 2 is 1.92 bits per heavy atom. The molecule has 0 aliphatic carbocycles. The standard InChI is InChI=1S/C20H21NO4/c1-14(2)15-3-5-17(6-4-15)24-13-20(22)21-11-18-7-8-19(25-18)16-9-10-23-12-16/h3-10,12,14H,11,13H2,1-2H3,(H,21,22). The Labute approximate surface area is 146 Å². The van der Waals surface area contributed by atoms with Crippen molar-refractivity contribution in [1.29, 1.82) is 0 Å². The Morgan fingerprint density at radius 1 is 1.12 bits per heavy atom. The molecule has 2 aromatic heterocycles. The van der Waals surface area contributed by atoms with Crippen LogP contribution in [-0.4, -0.2) is 12.5 Å². The molecule has 0 bridgehead atoms. The zero-order valence-corrected chi connectivity index (χ0v) is 14.3. The molecule has 130 valence electrons. The molecule has 0 fully saturated rings. The summed E-state index contributed by atoms with van der Waals surface area (Å²) in [4.78, 5) is 11.9. The van der Waals surface area contributed by atoms with Crippen molar-refractivity contribution in [3.8, 4) is 17.1 Å². The summed E-state index contributed by atoms with van der Waals surface area (Å²) in [5, 5.41) is 2.78. The first-order valence-electron chi connectivity index (χ1n) is 8.22. The maximum atomic E-state index is 11.9. The number of nitrogens with one attached hydrogen (secondary N) is 1. The van der Waals surface area contributed by atoms with Crippen LogP contribution >= 0.6 is 0 Å². The highest BCUT2D eigenvalue weighted by molar-refractivity contribution is 5.77. The summed E-state index contributed by atoms with van der Waals surface area (Å²) in [5.41, 5.74) is 2.11. The SMILES string of the molecule is CC(C)c1ccc(OCC(=O)NCc2ccc(-c3ccoc3)o2)cc1. The highest BCUT2D eigenvalue weighted by Crippen LogP contribution is 2.22. The van der Waals surface area contributed by atoms with Gasteiger partial charge in [-0.05, 0) is 41.8 Å². The topological polar surface area (TPSA) is 64.6 Å². The number of benzene rings is 1. The van der Waals surface area contributed by atoms with Crippen LogP contribution < -0.4 is 10.1 Å². The molecule has 3 rings (SSSR count). The van der Waals surface area contributed by atoms with E-state index in [-0.39, 0.29) is 12.5 Å². The van der Waals surface area contributed by atoms with Gasteiger partial charge < -0.3 is 18.9 Å². The zero-order chi connectivity index (χ0) is 17.6. The summed E-state index contributed by atoms with van der Waals surface area (Å²) in [5.74, 6) is 2.33. The second-order valence-electron chi connectivity index (χ2n) is 6.07. The second-order valence-corrected chi connectivity index (χ2v) is 6.07. The van der Waals surface area contributed by atoms with E-state index in [0.29, 0.717) is 29.7 Å². The maximum absolute atomic E-state index is 11.9. The number of rotatable bonds is 7. The number of amides is 1. The fourth-order valence-corrected chi connectivity index (χ4v) is 2.37. The monoisotopic (exact) mass is 339 g/mol. The number of hydrogen-bond donors (Lipinski definition) is 1. The molecule has 0 atom stereocenters. The molecule has 0 spiro atoms. The van der Waals surface area contributed by atoms with E-state index in [1.54, 1.807) is 12.5 Å². The van der Waals surface area contributed by atoms with E-state index < -0.39 is 0 Å². The quantitative estimate of drug-likeness (QED) is 0.695. The van der Waals surface area contributed by atoms with Crippen LogP contribution in [0.4, 0.5) is 0 Å². The van der Waals surface area contributed by atoms with Crippen molar-refractivity contribution in [3.05, 3.63) is 66.3 Å². The van der Waals surface area contributed by atoms with Gasteiger partial charge in [-0.3, -0.25) is 4.79 Å². The van der Waals surface area contributed by atoms with Crippen LogP contribution in [0, 0.1) is 0 Å². The summed E-state index contributed by atoms with van der Waals surface area (Å²) >= 11 is 0. The lowest BCUT2D eigenvalue weighted by Crippen LogP contribution is -2.28. The van der Waals surface area contributed by atoms with Crippen LogP contribution in [0.2, 0.25) is 0 Å². The Balaban J connectivity index is 1.45.